The summed E-state index contributed by atoms with van der Waals surface area (Å²) < 4.78 is 5.07. The minimum Gasteiger partial charge on any atom is -0.383 e. The lowest BCUT2D eigenvalue weighted by Gasteiger charge is -2.23. The Morgan fingerprint density at radius 2 is 2.41 bits per heavy atom. The molecule has 2 atom stereocenters. The molecule has 2 N–H and O–H groups in total. The molecule has 100 valence electrons. The highest BCUT2D eigenvalue weighted by Gasteiger charge is 2.15. The van der Waals surface area contributed by atoms with Crippen LogP contribution in [-0.2, 0) is 9.53 Å². The van der Waals surface area contributed by atoms with E-state index in [0.717, 1.165) is 25.9 Å². The van der Waals surface area contributed by atoms with Gasteiger partial charge in [-0.3, -0.25) is 4.79 Å². The molecule has 0 bridgehead atoms. The van der Waals surface area contributed by atoms with Crippen molar-refractivity contribution in [1.29, 1.82) is 0 Å². The minimum absolute atomic E-state index is 0.164. The van der Waals surface area contributed by atoms with Crippen LogP contribution in [0.1, 0.15) is 39.0 Å². The Hall–Kier alpha value is -0.610. The summed E-state index contributed by atoms with van der Waals surface area (Å²) in [7, 11) is 1.67. The predicted octanol–water partition coefficient (Wildman–Crippen LogP) is 1.31. The molecule has 4 nitrogen and oxygen atoms in total. The van der Waals surface area contributed by atoms with E-state index in [4.69, 9.17) is 4.74 Å². The van der Waals surface area contributed by atoms with Crippen LogP contribution in [0.15, 0.2) is 0 Å². The lowest BCUT2D eigenvalue weighted by atomic mass is 9.94. The fraction of sp³-hybridized carbons (Fsp3) is 0.923. The van der Waals surface area contributed by atoms with Crippen molar-refractivity contribution in [3.8, 4) is 0 Å². The molecule has 4 heteroatoms. The van der Waals surface area contributed by atoms with Crippen molar-refractivity contribution < 1.29 is 9.53 Å². The van der Waals surface area contributed by atoms with Gasteiger partial charge < -0.3 is 15.4 Å². The van der Waals surface area contributed by atoms with Crippen LogP contribution in [0.4, 0.5) is 0 Å². The zero-order chi connectivity index (χ0) is 12.5. The van der Waals surface area contributed by atoms with Gasteiger partial charge in [0.25, 0.3) is 0 Å². The van der Waals surface area contributed by atoms with E-state index in [2.05, 4.69) is 17.6 Å². The van der Waals surface area contributed by atoms with Gasteiger partial charge in [0.1, 0.15) is 0 Å². The highest BCUT2D eigenvalue weighted by Crippen LogP contribution is 2.15. The van der Waals surface area contributed by atoms with Crippen molar-refractivity contribution in [3.05, 3.63) is 0 Å². The maximum Gasteiger partial charge on any atom is 0.220 e. The number of nitrogens with one attached hydrogen (secondary N) is 2. The molecule has 0 aliphatic carbocycles. The largest absolute Gasteiger partial charge is 0.383 e. The van der Waals surface area contributed by atoms with Crippen LogP contribution in [0.5, 0.6) is 0 Å². The van der Waals surface area contributed by atoms with Crippen LogP contribution in [0.25, 0.3) is 0 Å². The van der Waals surface area contributed by atoms with E-state index < -0.39 is 0 Å². The van der Waals surface area contributed by atoms with Gasteiger partial charge in [0.2, 0.25) is 5.91 Å². The Morgan fingerprint density at radius 3 is 3.00 bits per heavy atom. The van der Waals surface area contributed by atoms with E-state index in [1.807, 2.05) is 0 Å². The van der Waals surface area contributed by atoms with E-state index >= 15 is 0 Å². The van der Waals surface area contributed by atoms with Gasteiger partial charge in [0.15, 0.2) is 0 Å². The van der Waals surface area contributed by atoms with Gasteiger partial charge in [-0.1, -0.05) is 6.92 Å². The van der Waals surface area contributed by atoms with E-state index in [1.54, 1.807) is 7.11 Å². The summed E-state index contributed by atoms with van der Waals surface area (Å²) in [6.07, 6.45) is 5.07. The molecule has 0 aromatic carbocycles. The molecule has 1 heterocycles. The molecule has 0 saturated carbocycles. The predicted molar refractivity (Wildman–Crippen MR) is 68.9 cm³/mol. The lowest BCUT2D eigenvalue weighted by Crippen LogP contribution is -2.38. The van der Waals surface area contributed by atoms with Gasteiger partial charge in [0.05, 0.1) is 12.6 Å². The molecule has 0 radical (unpaired) electrons. The SMILES string of the molecule is CCC(COC)NC(=O)CCC1CCCNC1. The molecule has 1 amide bonds. The standard InChI is InChI=1S/C13H26N2O2/c1-3-12(10-17-2)15-13(16)7-6-11-5-4-8-14-9-11/h11-12,14H,3-10H2,1-2H3,(H,15,16). The van der Waals surface area contributed by atoms with E-state index in [-0.39, 0.29) is 11.9 Å². The van der Waals surface area contributed by atoms with E-state index in [0.29, 0.717) is 18.9 Å². The van der Waals surface area contributed by atoms with Crippen molar-refractivity contribution in [1.82, 2.24) is 10.6 Å². The summed E-state index contributed by atoms with van der Waals surface area (Å²) in [5, 5.41) is 6.40. The minimum atomic E-state index is 0.164. The third-order valence-corrected chi connectivity index (χ3v) is 3.40. The maximum atomic E-state index is 11.7. The van der Waals surface area contributed by atoms with Crippen LogP contribution in [-0.4, -0.2) is 38.8 Å². The Morgan fingerprint density at radius 1 is 1.59 bits per heavy atom. The summed E-state index contributed by atoms with van der Waals surface area (Å²) in [6.45, 7) is 4.87. The number of piperidine rings is 1. The number of carbonyl (C=O) groups is 1. The highest BCUT2D eigenvalue weighted by atomic mass is 16.5. The molecule has 0 aromatic rings. The summed E-state index contributed by atoms with van der Waals surface area (Å²) in [5.74, 6) is 0.844. The molecular weight excluding hydrogens is 216 g/mol. The van der Waals surface area contributed by atoms with E-state index in [9.17, 15) is 4.79 Å². The molecule has 1 fully saturated rings. The fourth-order valence-corrected chi connectivity index (χ4v) is 2.27. The zero-order valence-electron chi connectivity index (χ0n) is 11.1. The second-order valence-electron chi connectivity index (χ2n) is 4.88. The van der Waals surface area contributed by atoms with Crippen molar-refractivity contribution in [2.24, 2.45) is 5.92 Å². The molecule has 1 aliphatic rings. The van der Waals surface area contributed by atoms with Crippen molar-refractivity contribution >= 4 is 5.91 Å². The monoisotopic (exact) mass is 242 g/mol. The average molecular weight is 242 g/mol. The molecule has 0 spiro atoms. The number of methoxy groups -OCH3 is 1. The smallest absolute Gasteiger partial charge is 0.220 e. The van der Waals surface area contributed by atoms with Crippen molar-refractivity contribution in [3.63, 3.8) is 0 Å². The summed E-state index contributed by atoms with van der Waals surface area (Å²) in [6, 6.07) is 0.164. The number of rotatable bonds is 7. The second kappa shape index (κ2) is 8.48. The third kappa shape index (κ3) is 6.03. The van der Waals surface area contributed by atoms with Crippen LogP contribution in [0.2, 0.25) is 0 Å². The summed E-state index contributed by atoms with van der Waals surface area (Å²) >= 11 is 0. The quantitative estimate of drug-likeness (QED) is 0.707. The Labute approximate surface area is 104 Å². The second-order valence-corrected chi connectivity index (χ2v) is 4.88. The topological polar surface area (TPSA) is 50.4 Å². The number of hydrogen-bond acceptors (Lipinski definition) is 3. The van der Waals surface area contributed by atoms with Gasteiger partial charge in [-0.05, 0) is 44.7 Å². The number of amides is 1. The molecule has 1 saturated heterocycles. The Kier molecular flexibility index (Phi) is 7.21. The van der Waals surface area contributed by atoms with Gasteiger partial charge in [0, 0.05) is 13.5 Å². The third-order valence-electron chi connectivity index (χ3n) is 3.40. The highest BCUT2D eigenvalue weighted by molar-refractivity contribution is 5.76. The van der Waals surface area contributed by atoms with Crippen LogP contribution >= 0.6 is 0 Å². The number of hydrogen-bond donors (Lipinski definition) is 2. The first kappa shape index (κ1) is 14.5. The molecule has 17 heavy (non-hydrogen) atoms. The summed E-state index contributed by atoms with van der Waals surface area (Å²) in [5.41, 5.74) is 0. The maximum absolute atomic E-state index is 11.7. The Balaban J connectivity index is 2.14. The van der Waals surface area contributed by atoms with E-state index in [1.165, 1.54) is 12.8 Å². The van der Waals surface area contributed by atoms with Crippen molar-refractivity contribution in [2.75, 3.05) is 26.8 Å². The average Bonchev–Trinajstić information content (AvgIpc) is 2.37. The molecular formula is C13H26N2O2. The molecule has 2 unspecified atom stereocenters. The lowest BCUT2D eigenvalue weighted by molar-refractivity contribution is -0.122. The first-order valence-corrected chi connectivity index (χ1v) is 6.75. The number of ether oxygens (including phenoxy) is 1. The first-order chi connectivity index (χ1) is 8.26. The fourth-order valence-electron chi connectivity index (χ4n) is 2.27. The molecule has 0 aromatic heterocycles. The summed E-state index contributed by atoms with van der Waals surface area (Å²) in [4.78, 5) is 11.7. The molecule has 1 aliphatic heterocycles. The van der Waals surface area contributed by atoms with Gasteiger partial charge >= 0.3 is 0 Å². The first-order valence-electron chi connectivity index (χ1n) is 6.75. The number of carbonyl (C=O) groups excluding carboxylic acids is 1. The van der Waals surface area contributed by atoms with Crippen LogP contribution < -0.4 is 10.6 Å². The zero-order valence-corrected chi connectivity index (χ0v) is 11.1. The molecule has 1 rings (SSSR count). The van der Waals surface area contributed by atoms with Gasteiger partial charge in [-0.15, -0.1) is 0 Å². The van der Waals surface area contributed by atoms with Crippen LogP contribution in [0.3, 0.4) is 0 Å². The normalized spacial score (nSPS) is 22.1. The van der Waals surface area contributed by atoms with Crippen molar-refractivity contribution in [2.45, 2.75) is 45.1 Å². The Bertz CT molecular complexity index is 215. The van der Waals surface area contributed by atoms with Gasteiger partial charge in [-0.2, -0.15) is 0 Å². The van der Waals surface area contributed by atoms with Crippen LogP contribution in [0, 0.1) is 5.92 Å². The van der Waals surface area contributed by atoms with Gasteiger partial charge in [-0.25, -0.2) is 0 Å².